The van der Waals surface area contributed by atoms with Gasteiger partial charge in [-0.2, -0.15) is 0 Å². The third-order valence-corrected chi connectivity index (χ3v) is 4.31. The van der Waals surface area contributed by atoms with Gasteiger partial charge in [0, 0.05) is 12.4 Å². The third-order valence-electron chi connectivity index (χ3n) is 1.27. The van der Waals surface area contributed by atoms with Crippen LogP contribution >= 0.6 is 46.0 Å². The largest absolute Gasteiger partial charge is 0.363 e. The maximum Gasteiger partial charge on any atom is 0.206 e. The Kier molecular flexibility index (Phi) is 3.22. The molecular weight excluding hydrogens is 260 g/mol. The van der Waals surface area contributed by atoms with E-state index in [2.05, 4.69) is 20.5 Å². The molecule has 4 nitrogen and oxygen atoms in total. The van der Waals surface area contributed by atoms with E-state index < -0.39 is 0 Å². The van der Waals surface area contributed by atoms with Crippen molar-refractivity contribution in [3.05, 3.63) is 9.85 Å². The fourth-order valence-corrected chi connectivity index (χ4v) is 3.29. The lowest BCUT2D eigenvalue weighted by molar-refractivity contribution is 1.01. The van der Waals surface area contributed by atoms with Crippen molar-refractivity contribution in [3.8, 4) is 0 Å². The fourth-order valence-electron chi connectivity index (χ4n) is 0.727. The lowest BCUT2D eigenvalue weighted by atomic mass is 11.0. The first-order valence-corrected chi connectivity index (χ1v) is 6.47. The van der Waals surface area contributed by atoms with Gasteiger partial charge in [-0.15, -0.1) is 21.5 Å². The van der Waals surface area contributed by atoms with Crippen molar-refractivity contribution in [2.45, 2.75) is 9.37 Å². The molecule has 0 bridgehead atoms. The monoisotopic (exact) mass is 264 g/mol. The van der Waals surface area contributed by atoms with Gasteiger partial charge < -0.3 is 5.32 Å². The van der Waals surface area contributed by atoms with Crippen molar-refractivity contribution in [2.24, 2.45) is 0 Å². The quantitative estimate of drug-likeness (QED) is 0.924. The van der Waals surface area contributed by atoms with E-state index in [1.54, 1.807) is 0 Å². The second kappa shape index (κ2) is 4.43. The SMILES string of the molecule is CNc1nnc(Sc2csc(Cl)n2)s1. The van der Waals surface area contributed by atoms with E-state index in [9.17, 15) is 0 Å². The minimum Gasteiger partial charge on any atom is -0.363 e. The first-order valence-electron chi connectivity index (χ1n) is 3.58. The van der Waals surface area contributed by atoms with Gasteiger partial charge in [-0.05, 0) is 11.8 Å². The van der Waals surface area contributed by atoms with Crippen LogP contribution in [0, 0.1) is 0 Å². The molecule has 2 aromatic rings. The number of nitrogens with zero attached hydrogens (tertiary/aromatic N) is 3. The predicted octanol–water partition coefficient (Wildman–Crippen LogP) is 2.84. The molecule has 0 fully saturated rings. The Morgan fingerprint density at radius 3 is 2.93 bits per heavy atom. The van der Waals surface area contributed by atoms with Crippen LogP contribution in [0.2, 0.25) is 4.47 Å². The minimum atomic E-state index is 0.547. The standard InChI is InChI=1S/C6H5ClN4S3/c1-8-5-10-11-6(14-5)13-3-2-12-4(7)9-3/h2H,1H3,(H,8,10). The Morgan fingerprint density at radius 1 is 1.50 bits per heavy atom. The summed E-state index contributed by atoms with van der Waals surface area (Å²) in [5.41, 5.74) is 0. The first kappa shape index (κ1) is 10.2. The summed E-state index contributed by atoms with van der Waals surface area (Å²) in [6.07, 6.45) is 0. The molecule has 2 rings (SSSR count). The summed E-state index contributed by atoms with van der Waals surface area (Å²) in [7, 11) is 1.81. The molecular formula is C6H5ClN4S3. The van der Waals surface area contributed by atoms with Crippen LogP contribution in [0.25, 0.3) is 0 Å². The van der Waals surface area contributed by atoms with Gasteiger partial charge in [0.15, 0.2) is 8.81 Å². The average Bonchev–Trinajstić information content (AvgIpc) is 2.76. The third kappa shape index (κ3) is 2.35. The van der Waals surface area contributed by atoms with Crippen LogP contribution in [0.1, 0.15) is 0 Å². The molecule has 2 heterocycles. The van der Waals surface area contributed by atoms with Crippen molar-refractivity contribution in [3.63, 3.8) is 0 Å². The molecule has 0 spiro atoms. The zero-order valence-corrected chi connectivity index (χ0v) is 10.2. The summed E-state index contributed by atoms with van der Waals surface area (Å²) < 4.78 is 1.40. The van der Waals surface area contributed by atoms with E-state index in [1.165, 1.54) is 34.4 Å². The Bertz CT molecular complexity index is 426. The zero-order valence-electron chi connectivity index (χ0n) is 7.02. The molecule has 0 unspecified atom stereocenters. The number of nitrogens with one attached hydrogen (secondary N) is 1. The van der Waals surface area contributed by atoms with Crippen molar-refractivity contribution < 1.29 is 0 Å². The van der Waals surface area contributed by atoms with Crippen LogP contribution in [0.3, 0.4) is 0 Å². The summed E-state index contributed by atoms with van der Waals surface area (Å²) in [5.74, 6) is 0. The highest BCUT2D eigenvalue weighted by atomic mass is 35.5. The van der Waals surface area contributed by atoms with Crippen LogP contribution in [-0.4, -0.2) is 22.2 Å². The summed E-state index contributed by atoms with van der Waals surface area (Å²) in [6.45, 7) is 0. The molecule has 14 heavy (non-hydrogen) atoms. The summed E-state index contributed by atoms with van der Waals surface area (Å²) in [5, 5.41) is 14.4. The minimum absolute atomic E-state index is 0.547. The van der Waals surface area contributed by atoms with Crippen molar-refractivity contribution in [2.75, 3.05) is 12.4 Å². The van der Waals surface area contributed by atoms with Crippen LogP contribution in [-0.2, 0) is 0 Å². The second-order valence-electron chi connectivity index (χ2n) is 2.16. The molecule has 0 radical (unpaired) electrons. The number of anilines is 1. The van der Waals surface area contributed by atoms with Gasteiger partial charge in [-0.25, -0.2) is 4.98 Å². The normalized spacial score (nSPS) is 10.4. The summed E-state index contributed by atoms with van der Waals surface area (Å²) >= 11 is 10.1. The molecule has 1 N–H and O–H groups in total. The topological polar surface area (TPSA) is 50.7 Å². The Hall–Kier alpha value is -0.370. The van der Waals surface area contributed by atoms with Crippen molar-refractivity contribution in [1.82, 2.24) is 15.2 Å². The Labute approximate surface area is 97.7 Å². The Balaban J connectivity index is 2.10. The highest BCUT2D eigenvalue weighted by molar-refractivity contribution is 8.01. The second-order valence-corrected chi connectivity index (χ2v) is 5.85. The van der Waals surface area contributed by atoms with E-state index in [-0.39, 0.29) is 0 Å². The maximum absolute atomic E-state index is 5.71. The average molecular weight is 265 g/mol. The molecule has 0 aromatic carbocycles. The van der Waals surface area contributed by atoms with Gasteiger partial charge in [0.2, 0.25) is 5.13 Å². The molecule has 8 heteroatoms. The molecule has 0 aliphatic heterocycles. The molecule has 0 saturated heterocycles. The molecule has 0 aliphatic carbocycles. The van der Waals surface area contributed by atoms with Gasteiger partial charge in [-0.3, -0.25) is 0 Å². The van der Waals surface area contributed by atoms with E-state index in [0.29, 0.717) is 4.47 Å². The summed E-state index contributed by atoms with van der Waals surface area (Å²) in [6, 6.07) is 0. The lowest BCUT2D eigenvalue weighted by Gasteiger charge is -1.87. The van der Waals surface area contributed by atoms with Crippen LogP contribution in [0.4, 0.5) is 5.13 Å². The van der Waals surface area contributed by atoms with Crippen LogP contribution < -0.4 is 5.32 Å². The Morgan fingerprint density at radius 2 is 2.36 bits per heavy atom. The molecule has 0 saturated carbocycles. The number of rotatable bonds is 3. The smallest absolute Gasteiger partial charge is 0.206 e. The summed E-state index contributed by atoms with van der Waals surface area (Å²) in [4.78, 5) is 4.11. The van der Waals surface area contributed by atoms with E-state index in [4.69, 9.17) is 11.6 Å². The number of halogens is 1. The molecule has 0 aliphatic rings. The molecule has 0 amide bonds. The fraction of sp³-hybridized carbons (Fsp3) is 0.167. The highest BCUT2D eigenvalue weighted by Crippen LogP contribution is 2.33. The van der Waals surface area contributed by atoms with Crippen LogP contribution in [0.5, 0.6) is 0 Å². The first-order chi connectivity index (χ1) is 6.78. The van der Waals surface area contributed by atoms with E-state index in [1.807, 2.05) is 12.4 Å². The number of thiazole rings is 1. The van der Waals surface area contributed by atoms with Crippen LogP contribution in [0.15, 0.2) is 14.7 Å². The van der Waals surface area contributed by atoms with Crippen molar-refractivity contribution in [1.29, 1.82) is 0 Å². The zero-order chi connectivity index (χ0) is 9.97. The maximum atomic E-state index is 5.71. The number of aromatic nitrogens is 3. The molecule has 0 atom stereocenters. The van der Waals surface area contributed by atoms with Gasteiger partial charge in [0.1, 0.15) is 5.03 Å². The van der Waals surface area contributed by atoms with Gasteiger partial charge in [0.25, 0.3) is 0 Å². The number of hydrogen-bond acceptors (Lipinski definition) is 7. The van der Waals surface area contributed by atoms with E-state index >= 15 is 0 Å². The van der Waals surface area contributed by atoms with Crippen molar-refractivity contribution >= 4 is 51.2 Å². The lowest BCUT2D eigenvalue weighted by Crippen LogP contribution is -1.84. The molecule has 74 valence electrons. The van der Waals surface area contributed by atoms with E-state index in [0.717, 1.165) is 14.5 Å². The molecule has 2 aromatic heterocycles. The number of hydrogen-bond donors (Lipinski definition) is 1. The van der Waals surface area contributed by atoms with Gasteiger partial charge in [-0.1, -0.05) is 22.9 Å². The predicted molar refractivity (Wildman–Crippen MR) is 60.7 cm³/mol. The van der Waals surface area contributed by atoms with Gasteiger partial charge in [0.05, 0.1) is 0 Å². The van der Waals surface area contributed by atoms with Gasteiger partial charge >= 0.3 is 0 Å². The highest BCUT2D eigenvalue weighted by Gasteiger charge is 2.07.